The van der Waals surface area contributed by atoms with E-state index in [4.69, 9.17) is 4.74 Å². The number of nitrogens with zero attached hydrogens (tertiary/aromatic N) is 3. The Labute approximate surface area is 121 Å². The van der Waals surface area contributed by atoms with Gasteiger partial charge >= 0.3 is 0 Å². The van der Waals surface area contributed by atoms with Crippen molar-refractivity contribution in [3.63, 3.8) is 0 Å². The Morgan fingerprint density at radius 3 is 3.05 bits per heavy atom. The van der Waals surface area contributed by atoms with Crippen LogP contribution < -0.4 is 10.1 Å². The third-order valence-electron chi connectivity index (χ3n) is 3.78. The second-order valence-electron chi connectivity index (χ2n) is 4.99. The molecule has 1 fully saturated rings. The van der Waals surface area contributed by atoms with Crippen LogP contribution in [0, 0.1) is 10.1 Å². The monoisotopic (exact) mass is 288 g/mol. The lowest BCUT2D eigenvalue weighted by atomic mass is 10.1. The first-order chi connectivity index (χ1) is 10.2. The predicted octanol–water partition coefficient (Wildman–Crippen LogP) is 1.87. The van der Waals surface area contributed by atoms with Gasteiger partial charge in [-0.25, -0.2) is 4.98 Å². The van der Waals surface area contributed by atoms with E-state index in [1.807, 2.05) is 10.8 Å². The van der Waals surface area contributed by atoms with Crippen LogP contribution in [0.25, 0.3) is 5.69 Å². The largest absolute Gasteiger partial charge is 0.494 e. The minimum Gasteiger partial charge on any atom is -0.494 e. The maximum absolute atomic E-state index is 10.9. The van der Waals surface area contributed by atoms with E-state index in [-0.39, 0.29) is 5.69 Å². The molecule has 0 amide bonds. The molecule has 7 nitrogen and oxygen atoms in total. The van der Waals surface area contributed by atoms with Gasteiger partial charge in [-0.2, -0.15) is 0 Å². The molecular weight excluding hydrogens is 272 g/mol. The summed E-state index contributed by atoms with van der Waals surface area (Å²) in [6.45, 7) is 1.91. The Kier molecular flexibility index (Phi) is 3.57. The minimum atomic E-state index is -0.429. The van der Waals surface area contributed by atoms with Gasteiger partial charge in [0.15, 0.2) is 0 Å². The van der Waals surface area contributed by atoms with E-state index in [0.717, 1.165) is 30.9 Å². The number of rotatable bonds is 4. The number of hydrogen-bond acceptors (Lipinski definition) is 5. The van der Waals surface area contributed by atoms with Gasteiger partial charge in [0.05, 0.1) is 30.1 Å². The van der Waals surface area contributed by atoms with Gasteiger partial charge in [-0.1, -0.05) is 0 Å². The van der Waals surface area contributed by atoms with E-state index >= 15 is 0 Å². The van der Waals surface area contributed by atoms with Crippen LogP contribution in [0.3, 0.4) is 0 Å². The van der Waals surface area contributed by atoms with Crippen molar-refractivity contribution in [2.24, 2.45) is 0 Å². The summed E-state index contributed by atoms with van der Waals surface area (Å²) in [6.07, 6.45) is 4.62. The Morgan fingerprint density at radius 1 is 1.52 bits per heavy atom. The molecule has 1 aliphatic heterocycles. The van der Waals surface area contributed by atoms with Gasteiger partial charge in [-0.3, -0.25) is 14.7 Å². The summed E-state index contributed by atoms with van der Waals surface area (Å²) < 4.78 is 7.25. The Balaban J connectivity index is 2.04. The Hall–Kier alpha value is -2.41. The number of methoxy groups -OCH3 is 1. The number of aromatic nitrogens is 2. The molecule has 110 valence electrons. The van der Waals surface area contributed by atoms with Gasteiger partial charge in [0.1, 0.15) is 5.75 Å². The van der Waals surface area contributed by atoms with Crippen molar-refractivity contribution >= 4 is 5.69 Å². The lowest BCUT2D eigenvalue weighted by Gasteiger charge is -2.15. The number of nitrogens with one attached hydrogen (secondary N) is 1. The zero-order valence-corrected chi connectivity index (χ0v) is 11.7. The van der Waals surface area contributed by atoms with Crippen LogP contribution in [-0.2, 0) is 0 Å². The first-order valence-corrected chi connectivity index (χ1v) is 6.76. The molecule has 1 aliphatic rings. The summed E-state index contributed by atoms with van der Waals surface area (Å²) in [5.74, 6) is 0.863. The fourth-order valence-corrected chi connectivity index (χ4v) is 2.69. The first-order valence-electron chi connectivity index (χ1n) is 6.76. The highest BCUT2D eigenvalue weighted by molar-refractivity contribution is 5.54. The van der Waals surface area contributed by atoms with Crippen molar-refractivity contribution in [1.29, 1.82) is 0 Å². The summed E-state index contributed by atoms with van der Waals surface area (Å²) in [4.78, 5) is 14.7. The summed E-state index contributed by atoms with van der Waals surface area (Å²) in [5, 5.41) is 14.2. The number of nitro benzene ring substituents is 1. The highest BCUT2D eigenvalue weighted by Gasteiger charge is 2.22. The average Bonchev–Trinajstić information content (AvgIpc) is 3.16. The molecule has 2 aromatic rings. The molecule has 1 atom stereocenters. The number of hydrogen-bond donors (Lipinski definition) is 1. The molecule has 0 radical (unpaired) electrons. The molecule has 0 aliphatic carbocycles. The van der Waals surface area contributed by atoms with Gasteiger partial charge in [0.2, 0.25) is 0 Å². The maximum Gasteiger partial charge on any atom is 0.273 e. The Morgan fingerprint density at radius 2 is 2.38 bits per heavy atom. The van der Waals surface area contributed by atoms with E-state index in [1.54, 1.807) is 12.4 Å². The molecule has 0 bridgehead atoms. The molecule has 1 aromatic heterocycles. The molecule has 0 saturated carbocycles. The fourth-order valence-electron chi connectivity index (χ4n) is 2.69. The third kappa shape index (κ3) is 2.47. The molecule has 3 rings (SSSR count). The van der Waals surface area contributed by atoms with E-state index in [2.05, 4.69) is 10.3 Å². The van der Waals surface area contributed by atoms with Gasteiger partial charge < -0.3 is 10.1 Å². The van der Waals surface area contributed by atoms with Gasteiger partial charge in [-0.05, 0) is 19.0 Å². The maximum atomic E-state index is 10.9. The van der Waals surface area contributed by atoms with Crippen molar-refractivity contribution in [1.82, 2.24) is 14.9 Å². The van der Waals surface area contributed by atoms with E-state index in [1.165, 1.54) is 19.2 Å². The topological polar surface area (TPSA) is 82.2 Å². The quantitative estimate of drug-likeness (QED) is 0.686. The highest BCUT2D eigenvalue weighted by Crippen LogP contribution is 2.31. The molecule has 7 heteroatoms. The van der Waals surface area contributed by atoms with Gasteiger partial charge in [-0.15, -0.1) is 0 Å². The van der Waals surface area contributed by atoms with Crippen molar-refractivity contribution in [3.05, 3.63) is 46.5 Å². The minimum absolute atomic E-state index is 0.0137. The SMILES string of the molecule is COc1cc([N+](=O)[O-])ccc1-n1cncc1C1CCNC1. The molecular formula is C14H16N4O3. The fraction of sp³-hybridized carbons (Fsp3) is 0.357. The van der Waals surface area contributed by atoms with Crippen LogP contribution in [0.1, 0.15) is 18.0 Å². The van der Waals surface area contributed by atoms with Crippen LogP contribution in [-0.4, -0.2) is 34.7 Å². The molecule has 1 unspecified atom stereocenters. The summed E-state index contributed by atoms with van der Waals surface area (Å²) >= 11 is 0. The lowest BCUT2D eigenvalue weighted by Crippen LogP contribution is -2.11. The van der Waals surface area contributed by atoms with Crippen molar-refractivity contribution < 1.29 is 9.66 Å². The smallest absolute Gasteiger partial charge is 0.273 e. The first kappa shape index (κ1) is 13.6. The van der Waals surface area contributed by atoms with E-state index in [0.29, 0.717) is 11.7 Å². The van der Waals surface area contributed by atoms with Crippen molar-refractivity contribution in [3.8, 4) is 11.4 Å². The van der Waals surface area contributed by atoms with Crippen molar-refractivity contribution in [2.75, 3.05) is 20.2 Å². The molecule has 1 aromatic carbocycles. The number of benzene rings is 1. The van der Waals surface area contributed by atoms with Crippen LogP contribution in [0.5, 0.6) is 5.75 Å². The standard InChI is InChI=1S/C14H16N4O3/c1-21-14-6-11(18(19)20)2-3-12(14)17-9-16-8-13(17)10-4-5-15-7-10/h2-3,6,8-10,15H,4-5,7H2,1H3. The molecule has 21 heavy (non-hydrogen) atoms. The summed E-state index contributed by atoms with van der Waals surface area (Å²) in [6, 6.07) is 4.62. The molecule has 0 spiro atoms. The van der Waals surface area contributed by atoms with Crippen LogP contribution in [0.4, 0.5) is 5.69 Å². The second kappa shape index (κ2) is 5.53. The van der Waals surface area contributed by atoms with Crippen LogP contribution in [0.2, 0.25) is 0 Å². The van der Waals surface area contributed by atoms with E-state index in [9.17, 15) is 10.1 Å². The average molecular weight is 288 g/mol. The molecule has 1 N–H and O–H groups in total. The lowest BCUT2D eigenvalue weighted by molar-refractivity contribution is -0.384. The number of ether oxygens (including phenoxy) is 1. The number of nitro groups is 1. The molecule has 1 saturated heterocycles. The highest BCUT2D eigenvalue weighted by atomic mass is 16.6. The second-order valence-corrected chi connectivity index (χ2v) is 4.99. The zero-order chi connectivity index (χ0) is 14.8. The zero-order valence-electron chi connectivity index (χ0n) is 11.7. The normalized spacial score (nSPS) is 17.9. The number of non-ortho nitro benzene ring substituents is 1. The molecule has 2 heterocycles. The van der Waals surface area contributed by atoms with Gasteiger partial charge in [0.25, 0.3) is 5.69 Å². The predicted molar refractivity (Wildman–Crippen MR) is 77.0 cm³/mol. The van der Waals surface area contributed by atoms with E-state index < -0.39 is 4.92 Å². The number of imidazole rings is 1. The van der Waals surface area contributed by atoms with Crippen LogP contribution >= 0.6 is 0 Å². The van der Waals surface area contributed by atoms with Crippen molar-refractivity contribution in [2.45, 2.75) is 12.3 Å². The van der Waals surface area contributed by atoms with Gasteiger partial charge in [0, 0.05) is 30.4 Å². The summed E-state index contributed by atoms with van der Waals surface area (Å²) in [5.41, 5.74) is 1.87. The summed E-state index contributed by atoms with van der Waals surface area (Å²) in [7, 11) is 1.51. The Bertz CT molecular complexity index is 662. The van der Waals surface area contributed by atoms with Crippen LogP contribution in [0.15, 0.2) is 30.7 Å². The third-order valence-corrected chi connectivity index (χ3v) is 3.78.